The topological polar surface area (TPSA) is 34.4 Å². The summed E-state index contributed by atoms with van der Waals surface area (Å²) in [5, 5.41) is 3.62. The van der Waals surface area contributed by atoms with E-state index in [0.29, 0.717) is 0 Å². The highest BCUT2D eigenvalue weighted by Crippen LogP contribution is 2.33. The Morgan fingerprint density at radius 1 is 1.29 bits per heavy atom. The van der Waals surface area contributed by atoms with Crippen LogP contribution in [0.4, 0.5) is 0 Å². The fourth-order valence-corrected chi connectivity index (χ4v) is 2.95. The van der Waals surface area contributed by atoms with Crippen molar-refractivity contribution in [3.63, 3.8) is 0 Å². The lowest BCUT2D eigenvalue weighted by molar-refractivity contribution is 0.254. The summed E-state index contributed by atoms with van der Waals surface area (Å²) < 4.78 is 11.3. The molecule has 3 heteroatoms. The van der Waals surface area contributed by atoms with Crippen LogP contribution in [0.5, 0.6) is 5.75 Å². The minimum atomic E-state index is 0.184. The average molecular weight is 285 g/mol. The maximum atomic E-state index is 5.79. The molecule has 2 heterocycles. The molecule has 0 fully saturated rings. The summed E-state index contributed by atoms with van der Waals surface area (Å²) in [5.41, 5.74) is 3.78. The fraction of sp³-hybridized carbons (Fsp3) is 0.444. The van der Waals surface area contributed by atoms with Gasteiger partial charge in [-0.3, -0.25) is 0 Å². The fourth-order valence-electron chi connectivity index (χ4n) is 2.95. The van der Waals surface area contributed by atoms with Crippen molar-refractivity contribution in [2.75, 3.05) is 6.54 Å². The van der Waals surface area contributed by atoms with Crippen LogP contribution in [0.2, 0.25) is 0 Å². The standard InChI is InChI=1S/C18H23NO2/c1-4-7-19-18(16-8-12(2)20-11-16)14-5-6-17-15(10-14)9-13(3)21-17/h5-6,8,10-11,13,18-19H,4,7,9H2,1-3H3. The highest BCUT2D eigenvalue weighted by molar-refractivity contribution is 5.43. The van der Waals surface area contributed by atoms with Gasteiger partial charge in [-0.25, -0.2) is 0 Å². The highest BCUT2D eigenvalue weighted by Gasteiger charge is 2.22. The van der Waals surface area contributed by atoms with Crippen LogP contribution < -0.4 is 10.1 Å². The van der Waals surface area contributed by atoms with Gasteiger partial charge in [0.25, 0.3) is 0 Å². The van der Waals surface area contributed by atoms with Crippen molar-refractivity contribution in [2.24, 2.45) is 0 Å². The first-order valence-electron chi connectivity index (χ1n) is 7.75. The van der Waals surface area contributed by atoms with Gasteiger partial charge in [0, 0.05) is 12.0 Å². The molecule has 112 valence electrons. The van der Waals surface area contributed by atoms with Crippen LogP contribution in [0.3, 0.4) is 0 Å². The van der Waals surface area contributed by atoms with Crippen molar-refractivity contribution < 1.29 is 9.15 Å². The minimum Gasteiger partial charge on any atom is -0.490 e. The number of ether oxygens (including phenoxy) is 1. The Bertz CT molecular complexity index is 617. The van der Waals surface area contributed by atoms with Crippen LogP contribution in [0.15, 0.2) is 34.9 Å². The SMILES string of the molecule is CCCNC(c1coc(C)c1)c1ccc2c(c1)CC(C)O2. The maximum absolute atomic E-state index is 5.79. The number of hydrogen-bond acceptors (Lipinski definition) is 3. The Morgan fingerprint density at radius 2 is 2.14 bits per heavy atom. The molecule has 3 nitrogen and oxygen atoms in total. The zero-order valence-electron chi connectivity index (χ0n) is 13.0. The van der Waals surface area contributed by atoms with E-state index in [0.717, 1.165) is 30.9 Å². The molecule has 0 radical (unpaired) electrons. The molecule has 3 rings (SSSR count). The normalized spacial score (nSPS) is 18.3. The molecular weight excluding hydrogens is 262 g/mol. The Morgan fingerprint density at radius 3 is 2.86 bits per heavy atom. The maximum Gasteiger partial charge on any atom is 0.123 e. The van der Waals surface area contributed by atoms with Crippen molar-refractivity contribution in [2.45, 2.75) is 45.8 Å². The molecule has 2 aromatic rings. The summed E-state index contributed by atoms with van der Waals surface area (Å²) in [6.45, 7) is 7.27. The number of furan rings is 1. The van der Waals surface area contributed by atoms with Crippen molar-refractivity contribution in [3.8, 4) is 5.75 Å². The molecule has 0 saturated heterocycles. The summed E-state index contributed by atoms with van der Waals surface area (Å²) in [6, 6.07) is 8.83. The minimum absolute atomic E-state index is 0.184. The van der Waals surface area contributed by atoms with Crippen LogP contribution >= 0.6 is 0 Å². The Hall–Kier alpha value is -1.74. The van der Waals surface area contributed by atoms with Crippen LogP contribution in [-0.4, -0.2) is 12.6 Å². The van der Waals surface area contributed by atoms with Crippen molar-refractivity contribution >= 4 is 0 Å². The first kappa shape index (κ1) is 14.2. The van der Waals surface area contributed by atoms with E-state index in [4.69, 9.17) is 9.15 Å². The van der Waals surface area contributed by atoms with E-state index in [1.54, 1.807) is 0 Å². The summed E-state index contributed by atoms with van der Waals surface area (Å²) in [4.78, 5) is 0. The monoisotopic (exact) mass is 285 g/mol. The quantitative estimate of drug-likeness (QED) is 0.901. The third kappa shape index (κ3) is 2.98. The second-order valence-electron chi connectivity index (χ2n) is 5.88. The van der Waals surface area contributed by atoms with Crippen LogP contribution in [0.1, 0.15) is 48.8 Å². The number of aryl methyl sites for hydroxylation is 1. The zero-order chi connectivity index (χ0) is 14.8. The summed E-state index contributed by atoms with van der Waals surface area (Å²) in [6.07, 6.45) is 4.25. The van der Waals surface area contributed by atoms with E-state index in [1.165, 1.54) is 16.7 Å². The number of nitrogens with one attached hydrogen (secondary N) is 1. The van der Waals surface area contributed by atoms with Gasteiger partial charge in [-0.1, -0.05) is 19.1 Å². The first-order valence-corrected chi connectivity index (χ1v) is 7.75. The predicted octanol–water partition coefficient (Wildman–Crippen LogP) is 4.00. The molecule has 0 amide bonds. The lowest BCUT2D eigenvalue weighted by Crippen LogP contribution is -2.22. The van der Waals surface area contributed by atoms with Gasteiger partial charge in [0.05, 0.1) is 12.3 Å². The molecule has 0 bridgehead atoms. The number of benzene rings is 1. The lowest BCUT2D eigenvalue weighted by Gasteiger charge is -2.18. The molecule has 2 atom stereocenters. The number of hydrogen-bond donors (Lipinski definition) is 1. The molecule has 1 aromatic heterocycles. The predicted molar refractivity (Wildman–Crippen MR) is 83.8 cm³/mol. The Labute approximate surface area is 126 Å². The molecule has 2 unspecified atom stereocenters. The molecule has 21 heavy (non-hydrogen) atoms. The molecule has 1 aliphatic rings. The molecule has 1 aliphatic heterocycles. The third-order valence-electron chi connectivity index (χ3n) is 3.94. The van der Waals surface area contributed by atoms with E-state index in [2.05, 4.69) is 43.4 Å². The second-order valence-corrected chi connectivity index (χ2v) is 5.88. The molecule has 1 N–H and O–H groups in total. The van der Waals surface area contributed by atoms with Crippen LogP contribution in [0.25, 0.3) is 0 Å². The average Bonchev–Trinajstić information content (AvgIpc) is 3.04. The summed E-state index contributed by atoms with van der Waals surface area (Å²) in [5.74, 6) is 1.98. The van der Waals surface area contributed by atoms with Gasteiger partial charge in [0.2, 0.25) is 0 Å². The first-order chi connectivity index (χ1) is 10.2. The lowest BCUT2D eigenvalue weighted by atomic mass is 9.97. The van der Waals surface area contributed by atoms with Crippen LogP contribution in [-0.2, 0) is 6.42 Å². The van der Waals surface area contributed by atoms with E-state index >= 15 is 0 Å². The van der Waals surface area contributed by atoms with E-state index in [1.807, 2.05) is 13.2 Å². The largest absolute Gasteiger partial charge is 0.490 e. The van der Waals surface area contributed by atoms with E-state index in [-0.39, 0.29) is 12.1 Å². The van der Waals surface area contributed by atoms with Gasteiger partial charge in [0.1, 0.15) is 17.6 Å². The van der Waals surface area contributed by atoms with Gasteiger partial charge in [-0.05, 0) is 50.1 Å². The molecular formula is C18H23NO2. The smallest absolute Gasteiger partial charge is 0.123 e. The molecule has 0 saturated carbocycles. The number of rotatable bonds is 5. The Kier molecular flexibility index (Phi) is 4.02. The highest BCUT2D eigenvalue weighted by atomic mass is 16.5. The van der Waals surface area contributed by atoms with Gasteiger partial charge < -0.3 is 14.5 Å². The van der Waals surface area contributed by atoms with Gasteiger partial charge in [0.15, 0.2) is 0 Å². The van der Waals surface area contributed by atoms with Gasteiger partial charge in [-0.15, -0.1) is 0 Å². The zero-order valence-corrected chi connectivity index (χ0v) is 13.0. The second kappa shape index (κ2) is 5.94. The van der Waals surface area contributed by atoms with Crippen molar-refractivity contribution in [1.82, 2.24) is 5.32 Å². The van der Waals surface area contributed by atoms with Crippen molar-refractivity contribution in [3.05, 3.63) is 53.0 Å². The van der Waals surface area contributed by atoms with E-state index in [9.17, 15) is 0 Å². The molecule has 0 aliphatic carbocycles. The number of fused-ring (bicyclic) bond motifs is 1. The molecule has 0 spiro atoms. The third-order valence-corrected chi connectivity index (χ3v) is 3.94. The van der Waals surface area contributed by atoms with Crippen LogP contribution in [0, 0.1) is 6.92 Å². The molecule has 1 aromatic carbocycles. The van der Waals surface area contributed by atoms with Crippen molar-refractivity contribution in [1.29, 1.82) is 0 Å². The van der Waals surface area contributed by atoms with Gasteiger partial charge in [-0.2, -0.15) is 0 Å². The Balaban J connectivity index is 1.91. The van der Waals surface area contributed by atoms with E-state index < -0.39 is 0 Å². The summed E-state index contributed by atoms with van der Waals surface area (Å²) >= 11 is 0. The summed E-state index contributed by atoms with van der Waals surface area (Å²) in [7, 11) is 0. The van der Waals surface area contributed by atoms with Gasteiger partial charge >= 0.3 is 0 Å².